The Morgan fingerprint density at radius 1 is 1.38 bits per heavy atom. The molecule has 1 atom stereocenters. The zero-order chi connectivity index (χ0) is 15.9. The molecule has 0 fully saturated rings. The van der Waals surface area contributed by atoms with E-state index < -0.39 is 17.5 Å². The third kappa shape index (κ3) is 4.81. The minimum Gasteiger partial charge on any atom is -0.480 e. The first-order valence-electron chi connectivity index (χ1n) is 7.28. The SMILES string of the molecule is CCC(CC)(NC(=O)NC(C)CCc1ccco1)C(=O)O. The van der Waals surface area contributed by atoms with Crippen molar-refractivity contribution >= 4 is 12.0 Å². The zero-order valence-electron chi connectivity index (χ0n) is 12.8. The van der Waals surface area contributed by atoms with Gasteiger partial charge in [0.05, 0.1) is 6.26 Å². The first kappa shape index (κ1) is 17.1. The summed E-state index contributed by atoms with van der Waals surface area (Å²) in [6.45, 7) is 5.37. The van der Waals surface area contributed by atoms with Gasteiger partial charge in [-0.2, -0.15) is 0 Å². The summed E-state index contributed by atoms with van der Waals surface area (Å²) in [4.78, 5) is 23.3. The number of hydrogen-bond acceptors (Lipinski definition) is 3. The molecule has 0 radical (unpaired) electrons. The molecule has 1 aromatic rings. The summed E-state index contributed by atoms with van der Waals surface area (Å²) < 4.78 is 5.23. The lowest BCUT2D eigenvalue weighted by atomic mass is 9.93. The Morgan fingerprint density at radius 2 is 2.05 bits per heavy atom. The van der Waals surface area contributed by atoms with E-state index in [0.29, 0.717) is 12.8 Å². The van der Waals surface area contributed by atoms with Crippen molar-refractivity contribution in [3.05, 3.63) is 24.2 Å². The van der Waals surface area contributed by atoms with Gasteiger partial charge >= 0.3 is 12.0 Å². The maximum absolute atomic E-state index is 11.9. The molecule has 0 aliphatic carbocycles. The van der Waals surface area contributed by atoms with Crippen molar-refractivity contribution in [1.29, 1.82) is 0 Å². The van der Waals surface area contributed by atoms with Crippen LogP contribution in [0.1, 0.15) is 45.8 Å². The molecule has 21 heavy (non-hydrogen) atoms. The maximum atomic E-state index is 11.9. The van der Waals surface area contributed by atoms with E-state index in [4.69, 9.17) is 4.42 Å². The summed E-state index contributed by atoms with van der Waals surface area (Å²) in [6.07, 6.45) is 3.74. The minimum absolute atomic E-state index is 0.0738. The molecule has 2 amide bonds. The Kier molecular flexibility index (Phi) is 6.27. The van der Waals surface area contributed by atoms with E-state index in [1.807, 2.05) is 19.1 Å². The van der Waals surface area contributed by atoms with Crippen LogP contribution < -0.4 is 10.6 Å². The standard InChI is InChI=1S/C15H24N2O4/c1-4-15(5-2,13(18)19)17-14(20)16-11(3)8-9-12-7-6-10-21-12/h6-7,10-11H,4-5,8-9H2,1-3H3,(H,18,19)(H2,16,17,20). The van der Waals surface area contributed by atoms with Crippen molar-refractivity contribution < 1.29 is 19.1 Å². The second kappa shape index (κ2) is 7.71. The molecule has 0 spiro atoms. The van der Waals surface area contributed by atoms with Crippen molar-refractivity contribution in [2.24, 2.45) is 0 Å². The van der Waals surface area contributed by atoms with Crippen molar-refractivity contribution in [3.63, 3.8) is 0 Å². The number of nitrogens with one attached hydrogen (secondary N) is 2. The summed E-state index contributed by atoms with van der Waals surface area (Å²) in [5.41, 5.74) is -1.20. The van der Waals surface area contributed by atoms with Crippen LogP contribution in [0.25, 0.3) is 0 Å². The van der Waals surface area contributed by atoms with Crippen LogP contribution in [0.3, 0.4) is 0 Å². The van der Waals surface area contributed by atoms with E-state index >= 15 is 0 Å². The van der Waals surface area contributed by atoms with Crippen molar-refractivity contribution in [3.8, 4) is 0 Å². The fraction of sp³-hybridized carbons (Fsp3) is 0.600. The molecule has 0 saturated heterocycles. The van der Waals surface area contributed by atoms with E-state index in [1.165, 1.54) is 0 Å². The first-order valence-corrected chi connectivity index (χ1v) is 7.28. The molecule has 1 unspecified atom stereocenters. The van der Waals surface area contributed by atoms with Gasteiger partial charge in [0.15, 0.2) is 0 Å². The van der Waals surface area contributed by atoms with Crippen LogP contribution in [0.5, 0.6) is 0 Å². The third-order valence-corrected chi connectivity index (χ3v) is 3.75. The average molecular weight is 296 g/mol. The Bertz CT molecular complexity index is 452. The van der Waals surface area contributed by atoms with Gasteiger partial charge in [-0.15, -0.1) is 0 Å². The predicted molar refractivity (Wildman–Crippen MR) is 79.1 cm³/mol. The summed E-state index contributed by atoms with van der Waals surface area (Å²) in [7, 11) is 0. The first-order chi connectivity index (χ1) is 9.93. The fourth-order valence-electron chi connectivity index (χ4n) is 2.15. The molecule has 0 aromatic carbocycles. The Hall–Kier alpha value is -1.98. The van der Waals surface area contributed by atoms with E-state index in [-0.39, 0.29) is 6.04 Å². The lowest BCUT2D eigenvalue weighted by molar-refractivity contribution is -0.144. The molecule has 6 nitrogen and oxygen atoms in total. The van der Waals surface area contributed by atoms with Crippen LogP contribution in [0, 0.1) is 0 Å². The van der Waals surface area contributed by atoms with Crippen molar-refractivity contribution in [1.82, 2.24) is 10.6 Å². The van der Waals surface area contributed by atoms with Gasteiger partial charge in [-0.3, -0.25) is 0 Å². The smallest absolute Gasteiger partial charge is 0.329 e. The van der Waals surface area contributed by atoms with Gasteiger partial charge in [0, 0.05) is 12.5 Å². The van der Waals surface area contributed by atoms with Gasteiger partial charge in [0.1, 0.15) is 11.3 Å². The van der Waals surface area contributed by atoms with Gasteiger partial charge in [0.25, 0.3) is 0 Å². The summed E-state index contributed by atoms with van der Waals surface area (Å²) >= 11 is 0. The highest BCUT2D eigenvalue weighted by Crippen LogP contribution is 2.15. The lowest BCUT2D eigenvalue weighted by Crippen LogP contribution is -2.57. The molecule has 0 saturated carbocycles. The number of amides is 2. The molecule has 1 aromatic heterocycles. The van der Waals surface area contributed by atoms with E-state index in [2.05, 4.69) is 10.6 Å². The van der Waals surface area contributed by atoms with Gasteiger partial charge in [-0.25, -0.2) is 9.59 Å². The molecular formula is C15H24N2O4. The van der Waals surface area contributed by atoms with E-state index in [9.17, 15) is 14.7 Å². The van der Waals surface area contributed by atoms with E-state index in [0.717, 1.165) is 18.6 Å². The van der Waals surface area contributed by atoms with Crippen molar-refractivity contribution in [2.45, 2.75) is 58.0 Å². The van der Waals surface area contributed by atoms with Crippen LogP contribution in [-0.4, -0.2) is 28.7 Å². The summed E-state index contributed by atoms with van der Waals surface area (Å²) in [5.74, 6) is -0.142. The number of rotatable bonds is 8. The number of carbonyl (C=O) groups excluding carboxylic acids is 1. The predicted octanol–water partition coefficient (Wildman–Crippen LogP) is 2.54. The highest BCUT2D eigenvalue weighted by molar-refractivity contribution is 5.86. The van der Waals surface area contributed by atoms with Crippen molar-refractivity contribution in [2.75, 3.05) is 0 Å². The molecule has 1 rings (SSSR count). The lowest BCUT2D eigenvalue weighted by Gasteiger charge is -2.28. The molecule has 0 aliphatic rings. The van der Waals surface area contributed by atoms with Crippen LogP contribution >= 0.6 is 0 Å². The number of urea groups is 1. The minimum atomic E-state index is -1.20. The Morgan fingerprint density at radius 3 is 2.52 bits per heavy atom. The van der Waals surface area contributed by atoms with Crippen LogP contribution in [0.15, 0.2) is 22.8 Å². The van der Waals surface area contributed by atoms with Gasteiger partial charge in [0.2, 0.25) is 0 Å². The summed E-state index contributed by atoms with van der Waals surface area (Å²) in [5, 5.41) is 14.6. The molecule has 118 valence electrons. The highest BCUT2D eigenvalue weighted by Gasteiger charge is 2.36. The van der Waals surface area contributed by atoms with Crippen LogP contribution in [0.2, 0.25) is 0 Å². The van der Waals surface area contributed by atoms with Crippen LogP contribution in [0.4, 0.5) is 4.79 Å². The topological polar surface area (TPSA) is 91.6 Å². The summed E-state index contributed by atoms with van der Waals surface area (Å²) in [6, 6.07) is 3.18. The average Bonchev–Trinajstić information content (AvgIpc) is 2.95. The number of aliphatic carboxylic acids is 1. The normalized spacial score (nSPS) is 12.7. The third-order valence-electron chi connectivity index (χ3n) is 3.75. The zero-order valence-corrected chi connectivity index (χ0v) is 12.8. The molecule has 3 N–H and O–H groups in total. The van der Waals surface area contributed by atoms with Gasteiger partial charge < -0.3 is 20.2 Å². The molecule has 6 heteroatoms. The number of aryl methyl sites for hydroxylation is 1. The number of furan rings is 1. The monoisotopic (exact) mass is 296 g/mol. The Balaban J connectivity index is 2.46. The molecule has 1 heterocycles. The number of carbonyl (C=O) groups is 2. The molecule has 0 bridgehead atoms. The second-order valence-electron chi connectivity index (χ2n) is 5.21. The van der Waals surface area contributed by atoms with Gasteiger partial charge in [-0.05, 0) is 38.3 Å². The maximum Gasteiger partial charge on any atom is 0.329 e. The number of carboxylic acid groups (broad SMARTS) is 1. The Labute approximate surface area is 124 Å². The highest BCUT2D eigenvalue weighted by atomic mass is 16.4. The van der Waals surface area contributed by atoms with Crippen LogP contribution in [-0.2, 0) is 11.2 Å². The van der Waals surface area contributed by atoms with E-state index in [1.54, 1.807) is 20.1 Å². The number of hydrogen-bond donors (Lipinski definition) is 3. The van der Waals surface area contributed by atoms with Gasteiger partial charge in [-0.1, -0.05) is 13.8 Å². The molecule has 0 aliphatic heterocycles. The quantitative estimate of drug-likeness (QED) is 0.687. The largest absolute Gasteiger partial charge is 0.480 e. The fourth-order valence-corrected chi connectivity index (χ4v) is 2.15. The second-order valence-corrected chi connectivity index (χ2v) is 5.21. The molecular weight excluding hydrogens is 272 g/mol. The number of carboxylic acids is 1.